The maximum Gasteiger partial charge on any atom is 0.251 e. The molecule has 1 heterocycles. The molecular weight excluding hydrogens is 272 g/mol. The van der Waals surface area contributed by atoms with E-state index in [2.05, 4.69) is 22.8 Å². The van der Waals surface area contributed by atoms with Gasteiger partial charge in [-0.05, 0) is 55.1 Å². The molecule has 3 nitrogen and oxygen atoms in total. The van der Waals surface area contributed by atoms with Crippen LogP contribution in [0.2, 0.25) is 0 Å². The molecule has 2 aromatic rings. The number of amides is 1. The SMILES string of the molecule is O=C(NCC1CCCNC1)c1ccc(-c2ccccc2)cc1. The van der Waals surface area contributed by atoms with Gasteiger partial charge in [0.2, 0.25) is 0 Å². The lowest BCUT2D eigenvalue weighted by molar-refractivity contribution is 0.0945. The van der Waals surface area contributed by atoms with Crippen LogP contribution < -0.4 is 10.6 Å². The first-order chi connectivity index (χ1) is 10.8. The van der Waals surface area contributed by atoms with Crippen LogP contribution in [-0.4, -0.2) is 25.5 Å². The van der Waals surface area contributed by atoms with E-state index in [1.54, 1.807) is 0 Å². The molecule has 0 aromatic heterocycles. The fourth-order valence-electron chi connectivity index (χ4n) is 2.88. The average Bonchev–Trinajstić information content (AvgIpc) is 2.61. The maximum absolute atomic E-state index is 12.2. The maximum atomic E-state index is 12.2. The van der Waals surface area contributed by atoms with Crippen molar-refractivity contribution in [2.75, 3.05) is 19.6 Å². The highest BCUT2D eigenvalue weighted by Gasteiger charge is 2.14. The fraction of sp³-hybridized carbons (Fsp3) is 0.316. The summed E-state index contributed by atoms with van der Waals surface area (Å²) in [5.74, 6) is 0.575. The Balaban J connectivity index is 1.59. The van der Waals surface area contributed by atoms with E-state index in [1.807, 2.05) is 42.5 Å². The van der Waals surface area contributed by atoms with Crippen LogP contribution in [-0.2, 0) is 0 Å². The van der Waals surface area contributed by atoms with Gasteiger partial charge in [0.15, 0.2) is 0 Å². The highest BCUT2D eigenvalue weighted by Crippen LogP contribution is 2.19. The Morgan fingerprint density at radius 3 is 2.45 bits per heavy atom. The second-order valence-corrected chi connectivity index (χ2v) is 5.87. The molecule has 1 fully saturated rings. The molecule has 114 valence electrons. The smallest absolute Gasteiger partial charge is 0.251 e. The largest absolute Gasteiger partial charge is 0.352 e. The van der Waals surface area contributed by atoms with Gasteiger partial charge in [0, 0.05) is 12.1 Å². The Morgan fingerprint density at radius 2 is 1.77 bits per heavy atom. The van der Waals surface area contributed by atoms with Crippen molar-refractivity contribution in [1.82, 2.24) is 10.6 Å². The molecule has 3 rings (SSSR count). The molecule has 1 aliphatic heterocycles. The summed E-state index contributed by atoms with van der Waals surface area (Å²) in [6, 6.07) is 18.0. The molecule has 22 heavy (non-hydrogen) atoms. The zero-order chi connectivity index (χ0) is 15.2. The number of carbonyl (C=O) groups excluding carboxylic acids is 1. The first-order valence-electron chi connectivity index (χ1n) is 7.97. The summed E-state index contributed by atoms with van der Waals surface area (Å²) in [4.78, 5) is 12.2. The van der Waals surface area contributed by atoms with Gasteiger partial charge in [-0.1, -0.05) is 42.5 Å². The summed E-state index contributed by atoms with van der Waals surface area (Å²) >= 11 is 0. The second kappa shape index (κ2) is 7.23. The lowest BCUT2D eigenvalue weighted by atomic mass is 9.99. The summed E-state index contributed by atoms with van der Waals surface area (Å²) in [5.41, 5.74) is 3.03. The van der Waals surface area contributed by atoms with E-state index >= 15 is 0 Å². The summed E-state index contributed by atoms with van der Waals surface area (Å²) in [7, 11) is 0. The highest BCUT2D eigenvalue weighted by molar-refractivity contribution is 5.94. The molecule has 1 atom stereocenters. The van der Waals surface area contributed by atoms with Gasteiger partial charge in [-0.15, -0.1) is 0 Å². The minimum absolute atomic E-state index is 0.0187. The Kier molecular flexibility index (Phi) is 4.86. The number of rotatable bonds is 4. The van der Waals surface area contributed by atoms with Gasteiger partial charge >= 0.3 is 0 Å². The molecule has 1 saturated heterocycles. The predicted octanol–water partition coefficient (Wildman–Crippen LogP) is 3.08. The van der Waals surface area contributed by atoms with Gasteiger partial charge in [-0.3, -0.25) is 4.79 Å². The van der Waals surface area contributed by atoms with Crippen LogP contribution in [0.4, 0.5) is 0 Å². The fourth-order valence-corrected chi connectivity index (χ4v) is 2.88. The number of benzene rings is 2. The molecule has 0 spiro atoms. The van der Waals surface area contributed by atoms with E-state index in [-0.39, 0.29) is 5.91 Å². The molecule has 1 aliphatic rings. The van der Waals surface area contributed by atoms with Gasteiger partial charge in [0.25, 0.3) is 5.91 Å². The van der Waals surface area contributed by atoms with Crippen molar-refractivity contribution in [2.45, 2.75) is 12.8 Å². The zero-order valence-electron chi connectivity index (χ0n) is 12.7. The van der Waals surface area contributed by atoms with Gasteiger partial charge in [0.1, 0.15) is 0 Å². The topological polar surface area (TPSA) is 41.1 Å². The van der Waals surface area contributed by atoms with Crippen molar-refractivity contribution < 1.29 is 4.79 Å². The van der Waals surface area contributed by atoms with E-state index in [9.17, 15) is 4.79 Å². The van der Waals surface area contributed by atoms with E-state index in [4.69, 9.17) is 0 Å². The minimum Gasteiger partial charge on any atom is -0.352 e. The standard InChI is InChI=1S/C19H22N2O/c22-19(21-14-15-5-4-12-20-13-15)18-10-8-17(9-11-18)16-6-2-1-3-7-16/h1-3,6-11,15,20H,4-5,12-14H2,(H,21,22). The Bertz CT molecular complexity index is 601. The lowest BCUT2D eigenvalue weighted by Gasteiger charge is -2.22. The summed E-state index contributed by atoms with van der Waals surface area (Å²) in [6.45, 7) is 2.87. The van der Waals surface area contributed by atoms with Crippen molar-refractivity contribution in [2.24, 2.45) is 5.92 Å². The molecule has 1 amide bonds. The quantitative estimate of drug-likeness (QED) is 0.910. The van der Waals surface area contributed by atoms with Crippen molar-refractivity contribution >= 4 is 5.91 Å². The Hall–Kier alpha value is -2.13. The van der Waals surface area contributed by atoms with Crippen LogP contribution in [0.1, 0.15) is 23.2 Å². The van der Waals surface area contributed by atoms with Crippen molar-refractivity contribution in [3.8, 4) is 11.1 Å². The van der Waals surface area contributed by atoms with Gasteiger partial charge < -0.3 is 10.6 Å². The molecule has 0 saturated carbocycles. The van der Waals surface area contributed by atoms with E-state index in [0.29, 0.717) is 5.92 Å². The van der Waals surface area contributed by atoms with Crippen LogP contribution in [0.25, 0.3) is 11.1 Å². The van der Waals surface area contributed by atoms with Crippen LogP contribution in [0.5, 0.6) is 0 Å². The third kappa shape index (κ3) is 3.74. The van der Waals surface area contributed by atoms with E-state index in [0.717, 1.165) is 30.8 Å². The van der Waals surface area contributed by atoms with E-state index < -0.39 is 0 Å². The van der Waals surface area contributed by atoms with Crippen molar-refractivity contribution in [3.63, 3.8) is 0 Å². The monoisotopic (exact) mass is 294 g/mol. The number of carbonyl (C=O) groups is 1. The summed E-state index contributed by atoms with van der Waals surface area (Å²) in [5, 5.41) is 6.42. The number of nitrogens with one attached hydrogen (secondary N) is 2. The molecule has 3 heteroatoms. The summed E-state index contributed by atoms with van der Waals surface area (Å²) in [6.07, 6.45) is 2.40. The molecular formula is C19H22N2O. The van der Waals surface area contributed by atoms with Crippen LogP contribution in [0.15, 0.2) is 54.6 Å². The molecule has 2 N–H and O–H groups in total. The van der Waals surface area contributed by atoms with Crippen LogP contribution in [0, 0.1) is 5.92 Å². The molecule has 0 aliphatic carbocycles. The van der Waals surface area contributed by atoms with Crippen LogP contribution in [0.3, 0.4) is 0 Å². The van der Waals surface area contributed by atoms with Crippen LogP contribution >= 0.6 is 0 Å². The number of hydrogen-bond donors (Lipinski definition) is 2. The third-order valence-corrected chi connectivity index (χ3v) is 4.20. The normalized spacial score (nSPS) is 17.9. The highest BCUT2D eigenvalue weighted by atomic mass is 16.1. The first kappa shape index (κ1) is 14.8. The second-order valence-electron chi connectivity index (χ2n) is 5.87. The third-order valence-electron chi connectivity index (χ3n) is 4.20. The predicted molar refractivity (Wildman–Crippen MR) is 89.8 cm³/mol. The Labute approximate surface area is 131 Å². The van der Waals surface area contributed by atoms with Gasteiger partial charge in [-0.2, -0.15) is 0 Å². The number of piperidine rings is 1. The lowest BCUT2D eigenvalue weighted by Crippen LogP contribution is -2.38. The van der Waals surface area contributed by atoms with Crippen molar-refractivity contribution in [1.29, 1.82) is 0 Å². The molecule has 0 radical (unpaired) electrons. The zero-order valence-corrected chi connectivity index (χ0v) is 12.7. The molecule has 1 unspecified atom stereocenters. The summed E-state index contributed by atoms with van der Waals surface area (Å²) < 4.78 is 0. The average molecular weight is 294 g/mol. The van der Waals surface area contributed by atoms with Gasteiger partial charge in [0.05, 0.1) is 0 Å². The first-order valence-corrected chi connectivity index (χ1v) is 7.97. The Morgan fingerprint density at radius 1 is 1.05 bits per heavy atom. The van der Waals surface area contributed by atoms with Gasteiger partial charge in [-0.25, -0.2) is 0 Å². The molecule has 2 aromatic carbocycles. The molecule has 0 bridgehead atoms. The van der Waals surface area contributed by atoms with E-state index in [1.165, 1.54) is 18.4 Å². The minimum atomic E-state index is 0.0187. The van der Waals surface area contributed by atoms with Crippen molar-refractivity contribution in [3.05, 3.63) is 60.2 Å². The number of hydrogen-bond acceptors (Lipinski definition) is 2.